The average Bonchev–Trinajstić information content (AvgIpc) is 1.81. The molecule has 0 saturated heterocycles. The van der Waals surface area contributed by atoms with E-state index in [1.807, 2.05) is 18.2 Å². The molecule has 0 N–H and O–H groups in total. The Bertz CT molecular complexity index is 104. The van der Waals surface area contributed by atoms with E-state index in [0.717, 1.165) is 0 Å². The molecule has 8 heavy (non-hydrogen) atoms. The zero-order chi connectivity index (χ0) is 6.24. The summed E-state index contributed by atoms with van der Waals surface area (Å²) in [5.41, 5.74) is 0. The third-order valence-electron chi connectivity index (χ3n) is 0.512. The van der Waals surface area contributed by atoms with E-state index in [0.29, 0.717) is 0 Å². The Hall–Kier alpha value is -0.391. The summed E-state index contributed by atoms with van der Waals surface area (Å²) in [4.78, 5) is 1.71. The first kappa shape index (κ1) is 7.61. The summed E-state index contributed by atoms with van der Waals surface area (Å²) in [5.74, 6) is 0. The molecule has 0 unspecified atom stereocenters. The normalized spacial score (nSPS) is 10.5. The Balaban J connectivity index is 3.41. The molecule has 0 atom stereocenters. The van der Waals surface area contributed by atoms with E-state index in [1.54, 1.807) is 11.0 Å². The monoisotopic (exact) mass is 147 g/mol. The van der Waals surface area contributed by atoms with E-state index >= 15 is 0 Å². The van der Waals surface area contributed by atoms with Crippen LogP contribution in [0.4, 0.5) is 0 Å². The number of hydrogen-bond acceptors (Lipinski definition) is 0. The molecule has 0 radical (unpaired) electrons. The SMILES string of the molecule is [CH-]=C/C=C\C=C/[CH]=[Fe+]. The molecule has 0 aromatic carbocycles. The maximum atomic E-state index is 5.04. The Kier molecular flexibility index (Phi) is 6.29. The van der Waals surface area contributed by atoms with Crippen LogP contribution in [0.1, 0.15) is 0 Å². The second kappa shape index (κ2) is 6.61. The van der Waals surface area contributed by atoms with E-state index in [2.05, 4.69) is 15.6 Å². The van der Waals surface area contributed by atoms with Crippen molar-refractivity contribution in [2.24, 2.45) is 0 Å². The van der Waals surface area contributed by atoms with Crippen LogP contribution in [0.25, 0.3) is 0 Å². The standard InChI is InChI=1S/C7H7.Fe/c1-3-5-7-6-4-2;/h1-7H;/q-1;+1/b5-3-,7-6-;. The van der Waals surface area contributed by atoms with Crippen LogP contribution in [0.5, 0.6) is 0 Å². The molecule has 0 heterocycles. The minimum absolute atomic E-state index is 1.48. The molecule has 0 aliphatic carbocycles. The second-order valence-electron chi connectivity index (χ2n) is 1.08. The van der Waals surface area contributed by atoms with E-state index < -0.39 is 0 Å². The Morgan fingerprint density at radius 2 is 1.62 bits per heavy atom. The van der Waals surface area contributed by atoms with Gasteiger partial charge in [0, 0.05) is 0 Å². The molecular formula is C7H7Fe. The molecule has 0 spiro atoms. The predicted molar refractivity (Wildman–Crippen MR) is 33.2 cm³/mol. The molecule has 0 aromatic rings. The molecule has 0 aliphatic heterocycles. The fourth-order valence-electron chi connectivity index (χ4n) is 0.232. The van der Waals surface area contributed by atoms with Crippen LogP contribution in [-0.2, 0) is 15.6 Å². The molecule has 1 heteroatoms. The van der Waals surface area contributed by atoms with Crippen LogP contribution in [0.15, 0.2) is 30.4 Å². The first-order valence-electron chi connectivity index (χ1n) is 2.20. The summed E-state index contributed by atoms with van der Waals surface area (Å²) >= 11 is 3.50. The van der Waals surface area contributed by atoms with Gasteiger partial charge in [-0.1, -0.05) is 0 Å². The molecule has 43 valence electrons. The predicted octanol–water partition coefficient (Wildman–Crippen LogP) is 1.44. The van der Waals surface area contributed by atoms with E-state index in [4.69, 9.17) is 6.58 Å². The summed E-state index contributed by atoms with van der Waals surface area (Å²) in [7, 11) is 0. The Labute approximate surface area is 58.0 Å². The summed E-state index contributed by atoms with van der Waals surface area (Å²) in [6.45, 7) is 5.04. The molecule has 0 aromatic heterocycles. The van der Waals surface area contributed by atoms with Crippen LogP contribution in [-0.4, -0.2) is 4.92 Å². The molecule has 0 nitrogen and oxygen atoms in total. The topological polar surface area (TPSA) is 0 Å². The summed E-state index contributed by atoms with van der Waals surface area (Å²) < 4.78 is 0. The maximum absolute atomic E-state index is 5.04. The van der Waals surface area contributed by atoms with Gasteiger partial charge in [0.1, 0.15) is 0 Å². The van der Waals surface area contributed by atoms with Gasteiger partial charge in [-0.3, -0.25) is 0 Å². The van der Waals surface area contributed by atoms with E-state index in [-0.39, 0.29) is 0 Å². The van der Waals surface area contributed by atoms with E-state index in [9.17, 15) is 0 Å². The summed E-state index contributed by atoms with van der Waals surface area (Å²) in [6.07, 6.45) is 8.76. The van der Waals surface area contributed by atoms with Crippen molar-refractivity contribution in [2.45, 2.75) is 0 Å². The first-order chi connectivity index (χ1) is 3.91. The van der Waals surface area contributed by atoms with Crippen LogP contribution in [0.3, 0.4) is 0 Å². The van der Waals surface area contributed by atoms with Gasteiger partial charge < -0.3 is 0 Å². The quantitative estimate of drug-likeness (QED) is 0.322. The Morgan fingerprint density at radius 3 is 2.12 bits per heavy atom. The van der Waals surface area contributed by atoms with Crippen molar-refractivity contribution in [3.63, 3.8) is 0 Å². The van der Waals surface area contributed by atoms with Crippen molar-refractivity contribution in [2.75, 3.05) is 0 Å². The number of hydrogen-bond donors (Lipinski definition) is 0. The van der Waals surface area contributed by atoms with Crippen LogP contribution in [0.2, 0.25) is 0 Å². The zero-order valence-corrected chi connectivity index (χ0v) is 5.50. The summed E-state index contributed by atoms with van der Waals surface area (Å²) in [5, 5.41) is 0. The van der Waals surface area contributed by atoms with Gasteiger partial charge in [0.2, 0.25) is 0 Å². The Morgan fingerprint density at radius 1 is 1.00 bits per heavy atom. The third-order valence-corrected chi connectivity index (χ3v) is 0.725. The molecule has 0 fully saturated rings. The van der Waals surface area contributed by atoms with Gasteiger partial charge in [-0.05, 0) is 0 Å². The molecule has 0 amide bonds. The molecule has 0 bridgehead atoms. The van der Waals surface area contributed by atoms with Crippen molar-refractivity contribution < 1.29 is 15.6 Å². The number of allylic oxidation sites excluding steroid dienone is 5. The fourth-order valence-corrected chi connectivity index (χ4v) is 0.354. The van der Waals surface area contributed by atoms with E-state index in [1.165, 1.54) is 6.08 Å². The van der Waals surface area contributed by atoms with Crippen molar-refractivity contribution in [3.8, 4) is 0 Å². The van der Waals surface area contributed by atoms with Crippen LogP contribution < -0.4 is 0 Å². The van der Waals surface area contributed by atoms with Gasteiger partial charge in [-0.15, -0.1) is 0 Å². The van der Waals surface area contributed by atoms with Crippen molar-refractivity contribution >= 4 is 4.92 Å². The third kappa shape index (κ3) is 5.61. The van der Waals surface area contributed by atoms with Crippen LogP contribution >= 0.6 is 0 Å². The average molecular weight is 147 g/mol. The van der Waals surface area contributed by atoms with Gasteiger partial charge >= 0.3 is 57.5 Å². The van der Waals surface area contributed by atoms with Crippen LogP contribution in [0, 0.1) is 6.58 Å². The van der Waals surface area contributed by atoms with Gasteiger partial charge in [0.25, 0.3) is 0 Å². The number of rotatable bonds is 3. The van der Waals surface area contributed by atoms with Crippen molar-refractivity contribution in [1.29, 1.82) is 0 Å². The van der Waals surface area contributed by atoms with Gasteiger partial charge in [0.05, 0.1) is 0 Å². The van der Waals surface area contributed by atoms with Gasteiger partial charge in [0.15, 0.2) is 0 Å². The van der Waals surface area contributed by atoms with Gasteiger partial charge in [-0.2, -0.15) is 0 Å². The first-order valence-corrected chi connectivity index (χ1v) is 2.84. The van der Waals surface area contributed by atoms with Crippen molar-refractivity contribution in [3.05, 3.63) is 37.0 Å². The molecule has 0 aliphatic rings. The fraction of sp³-hybridized carbons (Fsp3) is 0. The molecule has 0 saturated carbocycles. The second-order valence-corrected chi connectivity index (χ2v) is 1.45. The molecule has 0 rings (SSSR count). The summed E-state index contributed by atoms with van der Waals surface area (Å²) in [6, 6.07) is 0. The van der Waals surface area contributed by atoms with Crippen molar-refractivity contribution in [1.82, 2.24) is 0 Å². The molecular weight excluding hydrogens is 140 g/mol. The minimum atomic E-state index is 1.48. The zero-order valence-electron chi connectivity index (χ0n) is 4.40. The van der Waals surface area contributed by atoms with Gasteiger partial charge in [-0.25, -0.2) is 0 Å².